The maximum absolute atomic E-state index is 12.7. The molecule has 2 atom stereocenters. The Morgan fingerprint density at radius 3 is 2.52 bits per heavy atom. The highest BCUT2D eigenvalue weighted by molar-refractivity contribution is 5.81. The van der Waals surface area contributed by atoms with Crippen molar-refractivity contribution in [3.63, 3.8) is 0 Å². The molecule has 0 radical (unpaired) electrons. The van der Waals surface area contributed by atoms with E-state index in [2.05, 4.69) is 43.4 Å². The normalized spacial score (nSPS) is 15.6. The lowest BCUT2D eigenvalue weighted by molar-refractivity contribution is -0.128. The van der Waals surface area contributed by atoms with Gasteiger partial charge < -0.3 is 10.1 Å². The Morgan fingerprint density at radius 2 is 1.81 bits per heavy atom. The molecule has 3 rings (SSSR count). The van der Waals surface area contributed by atoms with Crippen molar-refractivity contribution in [3.05, 3.63) is 64.2 Å². The minimum Gasteiger partial charge on any atom is -0.481 e. The van der Waals surface area contributed by atoms with Gasteiger partial charge in [0.2, 0.25) is 0 Å². The first-order valence-electron chi connectivity index (χ1n) is 10.1. The van der Waals surface area contributed by atoms with E-state index < -0.39 is 6.10 Å². The predicted octanol–water partition coefficient (Wildman–Crippen LogP) is 5.22. The summed E-state index contributed by atoms with van der Waals surface area (Å²) in [5, 5.41) is 3.18. The minimum absolute atomic E-state index is 0.0230. The highest BCUT2D eigenvalue weighted by atomic mass is 16.5. The Hall–Kier alpha value is -2.29. The van der Waals surface area contributed by atoms with Crippen molar-refractivity contribution in [2.75, 3.05) is 0 Å². The monoisotopic (exact) mass is 365 g/mol. The fraction of sp³-hybridized carbons (Fsp3) is 0.458. The van der Waals surface area contributed by atoms with E-state index in [9.17, 15) is 4.79 Å². The van der Waals surface area contributed by atoms with Crippen molar-refractivity contribution in [1.82, 2.24) is 5.32 Å². The first kappa shape index (κ1) is 19.5. The van der Waals surface area contributed by atoms with Gasteiger partial charge in [0.1, 0.15) is 5.75 Å². The zero-order valence-corrected chi connectivity index (χ0v) is 17.0. The third-order valence-electron chi connectivity index (χ3n) is 5.50. The summed E-state index contributed by atoms with van der Waals surface area (Å²) in [6.07, 6.45) is 5.21. The van der Waals surface area contributed by atoms with Gasteiger partial charge in [-0.1, -0.05) is 42.8 Å². The molecule has 0 bridgehead atoms. The molecular formula is C24H31NO2. The maximum Gasteiger partial charge on any atom is 0.261 e. The summed E-state index contributed by atoms with van der Waals surface area (Å²) >= 11 is 0. The maximum atomic E-state index is 12.7. The van der Waals surface area contributed by atoms with Gasteiger partial charge >= 0.3 is 0 Å². The van der Waals surface area contributed by atoms with Crippen LogP contribution in [0.4, 0.5) is 0 Å². The molecule has 0 aliphatic heterocycles. The van der Waals surface area contributed by atoms with Crippen LogP contribution in [0.5, 0.6) is 5.75 Å². The van der Waals surface area contributed by atoms with Crippen LogP contribution in [-0.4, -0.2) is 12.0 Å². The molecule has 0 saturated carbocycles. The Kier molecular flexibility index (Phi) is 6.20. The first-order valence-corrected chi connectivity index (χ1v) is 10.1. The second-order valence-corrected chi connectivity index (χ2v) is 7.73. The summed E-state index contributed by atoms with van der Waals surface area (Å²) in [6.45, 7) is 7.99. The van der Waals surface area contributed by atoms with Gasteiger partial charge in [-0.2, -0.15) is 0 Å². The SMILES string of the molecule is CCC(NC(=O)C(C)Oc1ccc(C)cc1C)c1ccc2c(c1)CCCC2. The van der Waals surface area contributed by atoms with Crippen LogP contribution in [0.25, 0.3) is 0 Å². The number of hydrogen-bond acceptors (Lipinski definition) is 2. The number of hydrogen-bond donors (Lipinski definition) is 1. The lowest BCUT2D eigenvalue weighted by Gasteiger charge is -2.23. The quantitative estimate of drug-likeness (QED) is 0.762. The summed E-state index contributed by atoms with van der Waals surface area (Å²) in [4.78, 5) is 12.7. The van der Waals surface area contributed by atoms with Crippen LogP contribution in [0, 0.1) is 13.8 Å². The molecule has 2 aromatic rings. The predicted molar refractivity (Wildman–Crippen MR) is 110 cm³/mol. The molecule has 2 unspecified atom stereocenters. The number of carbonyl (C=O) groups excluding carboxylic acids is 1. The summed E-state index contributed by atoms with van der Waals surface area (Å²) in [7, 11) is 0. The third-order valence-corrected chi connectivity index (χ3v) is 5.50. The number of aryl methyl sites for hydroxylation is 4. The van der Waals surface area contributed by atoms with Crippen LogP contribution in [0.1, 0.15) is 67.0 Å². The zero-order chi connectivity index (χ0) is 19.4. The van der Waals surface area contributed by atoms with E-state index in [-0.39, 0.29) is 11.9 Å². The average molecular weight is 366 g/mol. The van der Waals surface area contributed by atoms with Crippen molar-refractivity contribution in [2.45, 2.75) is 71.9 Å². The Balaban J connectivity index is 1.67. The number of fused-ring (bicyclic) bond motifs is 1. The lowest BCUT2D eigenvalue weighted by atomic mass is 9.89. The van der Waals surface area contributed by atoms with Crippen molar-refractivity contribution >= 4 is 5.91 Å². The van der Waals surface area contributed by atoms with Gasteiger partial charge in [0.25, 0.3) is 5.91 Å². The van der Waals surface area contributed by atoms with E-state index in [0.29, 0.717) is 0 Å². The highest BCUT2D eigenvalue weighted by Gasteiger charge is 2.21. The number of benzene rings is 2. The highest BCUT2D eigenvalue weighted by Crippen LogP contribution is 2.26. The second kappa shape index (κ2) is 8.60. The van der Waals surface area contributed by atoms with Gasteiger partial charge in [-0.3, -0.25) is 4.79 Å². The van der Waals surface area contributed by atoms with Gasteiger partial charge in [0.15, 0.2) is 6.10 Å². The molecule has 0 heterocycles. The van der Waals surface area contributed by atoms with Gasteiger partial charge in [0.05, 0.1) is 6.04 Å². The minimum atomic E-state index is -0.530. The summed E-state index contributed by atoms with van der Waals surface area (Å²) in [5.74, 6) is 0.699. The van der Waals surface area contributed by atoms with E-state index in [1.807, 2.05) is 26.0 Å². The van der Waals surface area contributed by atoms with Crippen LogP contribution >= 0.6 is 0 Å². The summed E-state index contributed by atoms with van der Waals surface area (Å²) < 4.78 is 5.92. The molecule has 144 valence electrons. The van der Waals surface area contributed by atoms with Crippen LogP contribution < -0.4 is 10.1 Å². The molecule has 1 amide bonds. The van der Waals surface area contributed by atoms with Crippen molar-refractivity contribution in [2.24, 2.45) is 0 Å². The molecule has 0 fully saturated rings. The number of ether oxygens (including phenoxy) is 1. The molecular weight excluding hydrogens is 334 g/mol. The molecule has 0 aromatic heterocycles. The molecule has 3 heteroatoms. The Morgan fingerprint density at radius 1 is 1.07 bits per heavy atom. The van der Waals surface area contributed by atoms with Crippen molar-refractivity contribution < 1.29 is 9.53 Å². The fourth-order valence-electron chi connectivity index (χ4n) is 3.86. The van der Waals surface area contributed by atoms with Crippen LogP contribution in [0.2, 0.25) is 0 Å². The molecule has 0 saturated heterocycles. The van der Waals surface area contributed by atoms with E-state index in [1.54, 1.807) is 0 Å². The van der Waals surface area contributed by atoms with Crippen molar-refractivity contribution in [3.8, 4) is 5.75 Å². The number of carbonyl (C=O) groups is 1. The molecule has 0 spiro atoms. The molecule has 27 heavy (non-hydrogen) atoms. The van der Waals surface area contributed by atoms with Crippen LogP contribution in [0.3, 0.4) is 0 Å². The number of amides is 1. The molecule has 2 aromatic carbocycles. The first-order chi connectivity index (χ1) is 13.0. The zero-order valence-electron chi connectivity index (χ0n) is 17.0. The van der Waals surface area contributed by atoms with Gasteiger partial charge in [0, 0.05) is 0 Å². The second-order valence-electron chi connectivity index (χ2n) is 7.73. The number of rotatable bonds is 6. The molecule has 3 nitrogen and oxygen atoms in total. The van der Waals surface area contributed by atoms with E-state index in [0.717, 1.165) is 24.2 Å². The van der Waals surface area contributed by atoms with Gasteiger partial charge in [-0.15, -0.1) is 0 Å². The van der Waals surface area contributed by atoms with E-state index in [1.165, 1.54) is 41.5 Å². The van der Waals surface area contributed by atoms with Crippen LogP contribution in [0.15, 0.2) is 36.4 Å². The van der Waals surface area contributed by atoms with E-state index >= 15 is 0 Å². The topological polar surface area (TPSA) is 38.3 Å². The Labute approximate surface area is 163 Å². The Bertz CT molecular complexity index is 812. The average Bonchev–Trinajstić information content (AvgIpc) is 2.67. The molecule has 1 aliphatic carbocycles. The van der Waals surface area contributed by atoms with Crippen LogP contribution in [-0.2, 0) is 17.6 Å². The van der Waals surface area contributed by atoms with Gasteiger partial charge in [-0.05, 0) is 81.2 Å². The lowest BCUT2D eigenvalue weighted by Crippen LogP contribution is -2.38. The standard InChI is InChI=1S/C24H31NO2/c1-5-22(21-12-11-19-8-6-7-9-20(19)15-21)25-24(26)18(4)27-23-13-10-16(2)14-17(23)3/h10-15,18,22H,5-9H2,1-4H3,(H,25,26). The molecule has 1 N–H and O–H groups in total. The van der Waals surface area contributed by atoms with E-state index in [4.69, 9.17) is 4.74 Å². The summed E-state index contributed by atoms with van der Waals surface area (Å²) in [6, 6.07) is 12.8. The van der Waals surface area contributed by atoms with Gasteiger partial charge in [-0.25, -0.2) is 0 Å². The third kappa shape index (κ3) is 4.71. The number of nitrogens with one attached hydrogen (secondary N) is 1. The smallest absolute Gasteiger partial charge is 0.261 e. The van der Waals surface area contributed by atoms with Crippen molar-refractivity contribution in [1.29, 1.82) is 0 Å². The molecule has 1 aliphatic rings. The fourth-order valence-corrected chi connectivity index (χ4v) is 3.86. The summed E-state index contributed by atoms with van der Waals surface area (Å²) in [5.41, 5.74) is 6.36. The largest absolute Gasteiger partial charge is 0.481 e.